The van der Waals surface area contributed by atoms with Crippen LogP contribution in [0.2, 0.25) is 0 Å². The molecule has 0 aromatic carbocycles. The molecule has 2 aromatic rings. The molecule has 8 saturated carbocycles. The van der Waals surface area contributed by atoms with Gasteiger partial charge in [-0.25, -0.2) is 0 Å². The highest BCUT2D eigenvalue weighted by Gasteiger charge is 2.65. The number of nitrogens with zero attached hydrogens (tertiary/aromatic N) is 4. The summed E-state index contributed by atoms with van der Waals surface area (Å²) < 4.78 is 23.9. The van der Waals surface area contributed by atoms with Gasteiger partial charge < -0.3 is 23.4 Å². The van der Waals surface area contributed by atoms with Crippen LogP contribution in [0.3, 0.4) is 0 Å². The normalized spacial score (nSPS) is 46.9. The molecule has 9 heteroatoms. The number of rotatable bonds is 10. The molecule has 0 aliphatic heterocycles. The SMILES string of the molecule is CO[C@@H]1C[C@@H]2C[C@H](C)CC[C@]2(C)[C@H]2CC[C@]3(C)[C@@H]([C@H](C)CCc4nnc(C)o4)CC[C@H]3[C@H]12.CO[C@@H]1C[C@@H]2C[C@H](O)CC[C@]2(C)[C@H]2CC[C@]3(C)[C@@H]([C@H](C)CCc4nnc(C)o4)CC[C@H]3[C@H]12. The molecule has 0 unspecified atom stereocenters. The van der Waals surface area contributed by atoms with Gasteiger partial charge in [-0.05, 0) is 208 Å². The first-order valence-electron chi connectivity index (χ1n) is 26.8. The summed E-state index contributed by atoms with van der Waals surface area (Å²) in [5.41, 5.74) is 1.82. The Labute approximate surface area is 387 Å². The van der Waals surface area contributed by atoms with Crippen LogP contribution in [-0.2, 0) is 22.3 Å². The Morgan fingerprint density at radius 3 is 1.42 bits per heavy atom. The van der Waals surface area contributed by atoms with Crippen molar-refractivity contribution < 1.29 is 23.4 Å². The van der Waals surface area contributed by atoms with E-state index < -0.39 is 0 Å². The van der Waals surface area contributed by atoms with Gasteiger partial charge in [0.2, 0.25) is 23.6 Å². The van der Waals surface area contributed by atoms with Crippen LogP contribution in [0.4, 0.5) is 0 Å². The summed E-state index contributed by atoms with van der Waals surface area (Å²) >= 11 is 0. The Morgan fingerprint density at radius 1 is 0.562 bits per heavy atom. The molecule has 20 atom stereocenters. The van der Waals surface area contributed by atoms with Gasteiger partial charge in [0.05, 0.1) is 18.3 Å². The molecule has 9 nitrogen and oxygen atoms in total. The van der Waals surface area contributed by atoms with Gasteiger partial charge >= 0.3 is 0 Å². The van der Waals surface area contributed by atoms with Gasteiger partial charge in [0.25, 0.3) is 0 Å². The maximum atomic E-state index is 10.4. The molecule has 0 amide bonds. The highest BCUT2D eigenvalue weighted by molar-refractivity contribution is 5.14. The molecular weight excluding hydrogens is 797 g/mol. The molecule has 0 radical (unpaired) electrons. The Balaban J connectivity index is 0.000000162. The fraction of sp³-hybridized carbons (Fsp3) is 0.927. The van der Waals surface area contributed by atoms with Crippen molar-refractivity contribution in [2.24, 2.45) is 98.6 Å². The first kappa shape index (κ1) is 47.2. The van der Waals surface area contributed by atoms with Crippen molar-refractivity contribution in [2.45, 2.75) is 209 Å². The molecule has 1 N–H and O–H groups in total. The topological polar surface area (TPSA) is 117 Å². The van der Waals surface area contributed by atoms with Crippen molar-refractivity contribution in [3.05, 3.63) is 23.6 Å². The minimum atomic E-state index is -0.102. The zero-order valence-electron chi connectivity index (χ0n) is 42.2. The lowest BCUT2D eigenvalue weighted by Crippen LogP contribution is -2.59. The quantitative estimate of drug-likeness (QED) is 0.249. The van der Waals surface area contributed by atoms with Crippen LogP contribution < -0.4 is 0 Å². The van der Waals surface area contributed by atoms with E-state index in [1.807, 2.05) is 28.1 Å². The summed E-state index contributed by atoms with van der Waals surface area (Å²) in [4.78, 5) is 0. The second-order valence-corrected chi connectivity index (χ2v) is 25.2. The van der Waals surface area contributed by atoms with Crippen molar-refractivity contribution in [3.8, 4) is 0 Å². The summed E-state index contributed by atoms with van der Waals surface area (Å²) in [5.74, 6) is 13.0. The van der Waals surface area contributed by atoms with E-state index in [-0.39, 0.29) is 6.10 Å². The lowest BCUT2D eigenvalue weighted by molar-refractivity contribution is -0.181. The average Bonchev–Trinajstić information content (AvgIpc) is 4.06. The number of methoxy groups -OCH3 is 2. The second-order valence-electron chi connectivity index (χ2n) is 25.2. The van der Waals surface area contributed by atoms with Gasteiger partial charge in [-0.2, -0.15) is 0 Å². The van der Waals surface area contributed by atoms with Crippen LogP contribution in [0.5, 0.6) is 0 Å². The van der Waals surface area contributed by atoms with E-state index in [2.05, 4.69) is 68.9 Å². The number of hydrogen-bond donors (Lipinski definition) is 1. The van der Waals surface area contributed by atoms with Crippen LogP contribution in [0.15, 0.2) is 8.83 Å². The van der Waals surface area contributed by atoms with Gasteiger partial charge in [0, 0.05) is 40.9 Å². The van der Waals surface area contributed by atoms with Crippen LogP contribution in [-0.4, -0.2) is 58.0 Å². The van der Waals surface area contributed by atoms with E-state index in [0.717, 1.165) is 110 Å². The predicted octanol–water partition coefficient (Wildman–Crippen LogP) is 12.5. The van der Waals surface area contributed by atoms with Crippen LogP contribution in [0.25, 0.3) is 0 Å². The van der Waals surface area contributed by atoms with E-state index in [4.69, 9.17) is 18.3 Å². The molecule has 10 rings (SSSR count). The van der Waals surface area contributed by atoms with Crippen molar-refractivity contribution >= 4 is 0 Å². The molecule has 8 aliphatic rings. The number of aliphatic hydroxyl groups excluding tert-OH is 1. The summed E-state index contributed by atoms with van der Waals surface area (Å²) in [7, 11) is 3.95. The number of ether oxygens (including phenoxy) is 2. The van der Waals surface area contributed by atoms with Crippen molar-refractivity contribution in [1.82, 2.24) is 20.4 Å². The Hall–Kier alpha value is -1.84. The Morgan fingerprint density at radius 2 is 0.984 bits per heavy atom. The summed E-state index contributed by atoms with van der Waals surface area (Å²) in [6.07, 6.45) is 25.8. The molecule has 0 spiro atoms. The number of aromatic nitrogens is 4. The van der Waals surface area contributed by atoms with E-state index in [0.29, 0.717) is 69.3 Å². The third-order valence-corrected chi connectivity index (χ3v) is 22.4. The first-order valence-corrected chi connectivity index (χ1v) is 26.8. The number of hydrogen-bond acceptors (Lipinski definition) is 9. The van der Waals surface area contributed by atoms with Gasteiger partial charge in [-0.1, -0.05) is 54.9 Å². The molecule has 64 heavy (non-hydrogen) atoms. The molecule has 8 fully saturated rings. The highest BCUT2D eigenvalue weighted by Crippen LogP contribution is 2.70. The fourth-order valence-corrected chi connectivity index (χ4v) is 19.0. The molecule has 0 saturated heterocycles. The Bertz CT molecular complexity index is 1750. The summed E-state index contributed by atoms with van der Waals surface area (Å²) in [6.45, 7) is 21.7. The minimum absolute atomic E-state index is 0.102. The lowest BCUT2D eigenvalue weighted by atomic mass is 9.43. The lowest BCUT2D eigenvalue weighted by Gasteiger charge is -2.63. The smallest absolute Gasteiger partial charge is 0.216 e. The summed E-state index contributed by atoms with van der Waals surface area (Å²) in [5, 5.41) is 26.9. The first-order chi connectivity index (χ1) is 30.5. The van der Waals surface area contributed by atoms with Crippen molar-refractivity contribution in [1.29, 1.82) is 0 Å². The molecule has 8 aliphatic carbocycles. The largest absolute Gasteiger partial charge is 0.426 e. The van der Waals surface area contributed by atoms with Gasteiger partial charge in [-0.3, -0.25) is 0 Å². The van der Waals surface area contributed by atoms with Gasteiger partial charge in [-0.15, -0.1) is 20.4 Å². The molecular formula is C55H90N4O5. The maximum absolute atomic E-state index is 10.4. The monoisotopic (exact) mass is 887 g/mol. The molecule has 0 bridgehead atoms. The van der Waals surface area contributed by atoms with Crippen molar-refractivity contribution in [2.75, 3.05) is 14.2 Å². The Kier molecular flexibility index (Phi) is 13.5. The number of aliphatic hydroxyl groups is 1. The number of aryl methyl sites for hydroxylation is 4. The second kappa shape index (κ2) is 18.2. The maximum Gasteiger partial charge on any atom is 0.216 e. The third kappa shape index (κ3) is 8.21. The van der Waals surface area contributed by atoms with Crippen LogP contribution in [0.1, 0.15) is 188 Å². The zero-order chi connectivity index (χ0) is 45.3. The molecule has 2 aromatic heterocycles. The number of fused-ring (bicyclic) bond motifs is 10. The van der Waals surface area contributed by atoms with Crippen LogP contribution >= 0.6 is 0 Å². The minimum Gasteiger partial charge on any atom is -0.426 e. The molecule has 2 heterocycles. The van der Waals surface area contributed by atoms with E-state index in [1.54, 1.807) is 0 Å². The fourth-order valence-electron chi connectivity index (χ4n) is 19.0. The van der Waals surface area contributed by atoms with E-state index in [1.165, 1.54) is 83.5 Å². The van der Waals surface area contributed by atoms with E-state index >= 15 is 0 Å². The standard InChI is InChI=1S/C28H46N2O2.C27H44N2O3/c1-17-11-13-27(4)20(15-17)16-24(31-6)26-22-9-8-21(28(22,5)14-12-23(26)27)18(2)7-10-25-30-29-19(3)32-25;1-16(6-9-24-29-28-17(2)32-24)20-7-8-21-25-22(11-13-27(20,21)4)26(3)12-10-19(30)14-18(26)15-23(25)31-5/h17-18,20-24,26H,7-16H2,1-6H3;16,18-23,25,30H,6-15H2,1-5H3/t17-,18-,20+,21-,22+,23+,24-,26+,27+,28-;16-,18+,19-,20-,21+,22+,23-,25+,26+,27-/m11/s1. The summed E-state index contributed by atoms with van der Waals surface area (Å²) in [6, 6.07) is 0. The van der Waals surface area contributed by atoms with Gasteiger partial charge in [0.1, 0.15) is 0 Å². The highest BCUT2D eigenvalue weighted by atomic mass is 16.5. The predicted molar refractivity (Wildman–Crippen MR) is 251 cm³/mol. The van der Waals surface area contributed by atoms with Gasteiger partial charge in [0.15, 0.2) is 0 Å². The third-order valence-electron chi connectivity index (χ3n) is 22.4. The zero-order valence-corrected chi connectivity index (χ0v) is 42.2. The van der Waals surface area contributed by atoms with Crippen LogP contribution in [0, 0.1) is 112 Å². The van der Waals surface area contributed by atoms with Crippen molar-refractivity contribution in [3.63, 3.8) is 0 Å². The molecule has 360 valence electrons. The van der Waals surface area contributed by atoms with E-state index in [9.17, 15) is 5.11 Å². The average molecular weight is 887 g/mol.